The molecule has 5 heteroatoms. The van der Waals surface area contributed by atoms with Crippen LogP contribution in [0.2, 0.25) is 0 Å². The van der Waals surface area contributed by atoms with E-state index in [-0.39, 0.29) is 5.91 Å². The van der Waals surface area contributed by atoms with Crippen LogP contribution in [-0.4, -0.2) is 26.7 Å². The first kappa shape index (κ1) is 17.7. The number of amides is 1. The van der Waals surface area contributed by atoms with Crippen molar-refractivity contribution in [3.63, 3.8) is 0 Å². The summed E-state index contributed by atoms with van der Waals surface area (Å²) in [5, 5.41) is 2.89. The Morgan fingerprint density at radius 2 is 1.83 bits per heavy atom. The number of nitrogens with one attached hydrogen (secondary N) is 1. The molecule has 0 saturated heterocycles. The number of methoxy groups -OCH3 is 2. The normalized spacial score (nSPS) is 10.1. The first-order valence-electron chi connectivity index (χ1n) is 7.90. The van der Waals surface area contributed by atoms with E-state index < -0.39 is 0 Å². The first-order valence-corrected chi connectivity index (χ1v) is 7.90. The molecule has 128 valence electrons. The molecule has 0 aromatic heterocycles. The number of hydrogen-bond donors (Lipinski definition) is 1. The maximum atomic E-state index is 12.1. The Hall–Kier alpha value is -2.69. The fourth-order valence-corrected chi connectivity index (χ4v) is 2.35. The number of carbonyl (C=O) groups excluding carboxylic acids is 1. The van der Waals surface area contributed by atoms with E-state index in [1.165, 1.54) is 0 Å². The lowest BCUT2D eigenvalue weighted by Gasteiger charge is -2.10. The summed E-state index contributed by atoms with van der Waals surface area (Å²) in [6, 6.07) is 13.1. The van der Waals surface area contributed by atoms with Gasteiger partial charge in [-0.1, -0.05) is 12.1 Å². The molecule has 0 spiro atoms. The molecule has 0 heterocycles. The van der Waals surface area contributed by atoms with Crippen LogP contribution in [0.5, 0.6) is 17.2 Å². The number of benzene rings is 2. The molecule has 24 heavy (non-hydrogen) atoms. The summed E-state index contributed by atoms with van der Waals surface area (Å²) in [6.07, 6.45) is 1.01. The van der Waals surface area contributed by atoms with Gasteiger partial charge in [0.05, 0.1) is 20.8 Å². The van der Waals surface area contributed by atoms with Crippen LogP contribution in [0.3, 0.4) is 0 Å². The van der Waals surface area contributed by atoms with Crippen LogP contribution in [0.4, 0.5) is 5.69 Å². The molecule has 0 aliphatic carbocycles. The molecule has 2 aromatic carbocycles. The predicted octanol–water partition coefficient (Wildman–Crippen LogP) is 3.67. The van der Waals surface area contributed by atoms with Crippen LogP contribution >= 0.6 is 0 Å². The molecular weight excluding hydrogens is 306 g/mol. The lowest BCUT2D eigenvalue weighted by molar-refractivity contribution is -0.116. The quantitative estimate of drug-likeness (QED) is 0.803. The second-order valence-electron chi connectivity index (χ2n) is 5.20. The van der Waals surface area contributed by atoms with Crippen molar-refractivity contribution in [3.8, 4) is 17.2 Å². The largest absolute Gasteiger partial charge is 0.494 e. The van der Waals surface area contributed by atoms with Crippen LogP contribution in [0.25, 0.3) is 0 Å². The SMILES string of the molecule is CCOc1cccc(NC(=O)CCc2ccc(OC)c(OC)c2)c1. The third-order valence-corrected chi connectivity index (χ3v) is 3.52. The summed E-state index contributed by atoms with van der Waals surface area (Å²) >= 11 is 0. The van der Waals surface area contributed by atoms with Crippen molar-refractivity contribution in [2.75, 3.05) is 26.1 Å². The van der Waals surface area contributed by atoms with Gasteiger partial charge in [0.2, 0.25) is 5.91 Å². The Morgan fingerprint density at radius 3 is 2.54 bits per heavy atom. The zero-order chi connectivity index (χ0) is 17.4. The predicted molar refractivity (Wildman–Crippen MR) is 94.1 cm³/mol. The van der Waals surface area contributed by atoms with Crippen molar-refractivity contribution in [1.82, 2.24) is 0 Å². The van der Waals surface area contributed by atoms with Crippen molar-refractivity contribution in [3.05, 3.63) is 48.0 Å². The van der Waals surface area contributed by atoms with Crippen LogP contribution in [0, 0.1) is 0 Å². The molecule has 0 bridgehead atoms. The molecule has 0 saturated carbocycles. The second-order valence-corrected chi connectivity index (χ2v) is 5.20. The Balaban J connectivity index is 1.92. The average Bonchev–Trinajstić information content (AvgIpc) is 2.60. The van der Waals surface area contributed by atoms with Gasteiger partial charge < -0.3 is 19.5 Å². The number of carbonyl (C=O) groups is 1. The summed E-state index contributed by atoms with van der Waals surface area (Å²) < 4.78 is 15.9. The number of ether oxygens (including phenoxy) is 3. The number of hydrogen-bond acceptors (Lipinski definition) is 4. The lowest BCUT2D eigenvalue weighted by Crippen LogP contribution is -2.12. The highest BCUT2D eigenvalue weighted by molar-refractivity contribution is 5.91. The fourth-order valence-electron chi connectivity index (χ4n) is 2.35. The molecule has 0 aliphatic heterocycles. The minimum atomic E-state index is -0.0431. The Morgan fingerprint density at radius 1 is 1.04 bits per heavy atom. The fraction of sp³-hybridized carbons (Fsp3) is 0.316. The lowest BCUT2D eigenvalue weighted by atomic mass is 10.1. The van der Waals surface area contributed by atoms with Gasteiger partial charge in [-0.15, -0.1) is 0 Å². The molecule has 0 aliphatic rings. The molecular formula is C19H23NO4. The summed E-state index contributed by atoms with van der Waals surface area (Å²) in [5.74, 6) is 2.05. The van der Waals surface area contributed by atoms with Crippen LogP contribution in [0.15, 0.2) is 42.5 Å². The zero-order valence-electron chi connectivity index (χ0n) is 14.3. The van der Waals surface area contributed by atoms with Crippen molar-refractivity contribution >= 4 is 11.6 Å². The first-order chi connectivity index (χ1) is 11.7. The number of rotatable bonds is 8. The van der Waals surface area contributed by atoms with Gasteiger partial charge >= 0.3 is 0 Å². The smallest absolute Gasteiger partial charge is 0.224 e. The number of anilines is 1. The zero-order valence-corrected chi connectivity index (χ0v) is 14.3. The molecule has 1 N–H and O–H groups in total. The van der Waals surface area contributed by atoms with Gasteiger partial charge in [-0.25, -0.2) is 0 Å². The van der Waals surface area contributed by atoms with Crippen molar-refractivity contribution in [2.24, 2.45) is 0 Å². The highest BCUT2D eigenvalue weighted by Gasteiger charge is 2.08. The third kappa shape index (κ3) is 4.91. The molecule has 5 nitrogen and oxygen atoms in total. The molecule has 0 fully saturated rings. The third-order valence-electron chi connectivity index (χ3n) is 3.52. The van der Waals surface area contributed by atoms with Gasteiger partial charge in [0, 0.05) is 18.2 Å². The van der Waals surface area contributed by atoms with E-state index >= 15 is 0 Å². The topological polar surface area (TPSA) is 56.8 Å². The van der Waals surface area contributed by atoms with Gasteiger partial charge in [-0.3, -0.25) is 4.79 Å². The monoisotopic (exact) mass is 329 g/mol. The van der Waals surface area contributed by atoms with E-state index in [0.717, 1.165) is 17.0 Å². The van der Waals surface area contributed by atoms with Crippen LogP contribution in [0.1, 0.15) is 18.9 Å². The molecule has 2 rings (SSSR count). The summed E-state index contributed by atoms with van der Waals surface area (Å²) in [7, 11) is 3.20. The summed E-state index contributed by atoms with van der Waals surface area (Å²) in [6.45, 7) is 2.52. The standard InChI is InChI=1S/C19H23NO4/c1-4-24-16-7-5-6-15(13-16)20-19(21)11-9-14-8-10-17(22-2)18(12-14)23-3/h5-8,10,12-13H,4,9,11H2,1-3H3,(H,20,21). The van der Waals surface area contributed by atoms with Gasteiger partial charge in [-0.2, -0.15) is 0 Å². The Kier molecular flexibility index (Phi) is 6.49. The second kappa shape index (κ2) is 8.82. The van der Waals surface area contributed by atoms with Gasteiger partial charge in [0.25, 0.3) is 0 Å². The average molecular weight is 329 g/mol. The molecule has 0 radical (unpaired) electrons. The van der Waals surface area contributed by atoms with Crippen molar-refractivity contribution in [2.45, 2.75) is 19.8 Å². The van der Waals surface area contributed by atoms with E-state index in [0.29, 0.717) is 30.9 Å². The van der Waals surface area contributed by atoms with Crippen LogP contribution in [-0.2, 0) is 11.2 Å². The molecule has 0 atom stereocenters. The number of aryl methyl sites for hydroxylation is 1. The van der Waals surface area contributed by atoms with E-state index in [4.69, 9.17) is 14.2 Å². The summed E-state index contributed by atoms with van der Waals surface area (Å²) in [5.41, 5.74) is 1.75. The maximum Gasteiger partial charge on any atom is 0.224 e. The molecule has 1 amide bonds. The highest BCUT2D eigenvalue weighted by atomic mass is 16.5. The van der Waals surface area contributed by atoms with Crippen molar-refractivity contribution < 1.29 is 19.0 Å². The maximum absolute atomic E-state index is 12.1. The van der Waals surface area contributed by atoms with E-state index in [1.54, 1.807) is 14.2 Å². The van der Waals surface area contributed by atoms with Gasteiger partial charge in [0.15, 0.2) is 11.5 Å². The van der Waals surface area contributed by atoms with E-state index in [1.807, 2.05) is 49.4 Å². The summed E-state index contributed by atoms with van der Waals surface area (Å²) in [4.78, 5) is 12.1. The van der Waals surface area contributed by atoms with Crippen molar-refractivity contribution in [1.29, 1.82) is 0 Å². The molecule has 0 unspecified atom stereocenters. The molecule has 2 aromatic rings. The Bertz CT molecular complexity index is 685. The Labute approximate surface area is 142 Å². The minimum Gasteiger partial charge on any atom is -0.494 e. The van der Waals surface area contributed by atoms with E-state index in [2.05, 4.69) is 5.32 Å². The van der Waals surface area contributed by atoms with Gasteiger partial charge in [-0.05, 0) is 43.2 Å². The highest BCUT2D eigenvalue weighted by Crippen LogP contribution is 2.28. The van der Waals surface area contributed by atoms with E-state index in [9.17, 15) is 4.79 Å². The van der Waals surface area contributed by atoms with Gasteiger partial charge in [0.1, 0.15) is 5.75 Å². The van der Waals surface area contributed by atoms with Crippen LogP contribution < -0.4 is 19.5 Å². The minimum absolute atomic E-state index is 0.0431.